The number of hydrogen-bond acceptors (Lipinski definition) is 2. The van der Waals surface area contributed by atoms with E-state index >= 15 is 0 Å². The highest BCUT2D eigenvalue weighted by Crippen LogP contribution is 2.55. The Hall–Kier alpha value is 0.120. The molecular weight excluding hydrogens is 166 g/mol. The maximum Gasteiger partial charge on any atom is 0.370 e. The Balaban J connectivity index is 4.26. The lowest BCUT2D eigenvalue weighted by atomic mass is 10.2. The minimum absolute atomic E-state index is 0.554. The van der Waals surface area contributed by atoms with Crippen LogP contribution in [0.5, 0.6) is 0 Å². The minimum atomic E-state index is -3.89. The fourth-order valence-corrected chi connectivity index (χ4v) is 1.44. The van der Waals surface area contributed by atoms with Crippen LogP contribution in [-0.2, 0) is 9.09 Å². The van der Waals surface area contributed by atoms with Crippen LogP contribution in [-0.4, -0.2) is 11.3 Å². The van der Waals surface area contributed by atoms with Gasteiger partial charge in [-0.2, -0.15) is 4.20 Å². The van der Waals surface area contributed by atoms with Crippen molar-refractivity contribution in [1.82, 2.24) is 0 Å². The molecule has 0 N–H and O–H groups in total. The third-order valence-electron chi connectivity index (χ3n) is 1.02. The molecule has 0 saturated carbocycles. The molecule has 0 aromatic rings. The second kappa shape index (κ2) is 3.24. The highest BCUT2D eigenvalue weighted by molar-refractivity contribution is 7.54. The summed E-state index contributed by atoms with van der Waals surface area (Å²) in [6.07, 6.45) is 0. The van der Waals surface area contributed by atoms with Crippen LogP contribution < -0.4 is 0 Å². The van der Waals surface area contributed by atoms with E-state index in [9.17, 15) is 8.76 Å². The van der Waals surface area contributed by atoms with Crippen molar-refractivity contribution >= 4 is 7.68 Å². The van der Waals surface area contributed by atoms with Gasteiger partial charge < -0.3 is 0 Å². The van der Waals surface area contributed by atoms with Crippen LogP contribution in [0.1, 0.15) is 34.6 Å². The Kier molecular flexibility index (Phi) is 3.27. The summed E-state index contributed by atoms with van der Waals surface area (Å²) < 4.78 is 28.9. The summed E-state index contributed by atoms with van der Waals surface area (Å²) in [5.41, 5.74) is -1.23. The Bertz CT molecular complexity index is 172. The summed E-state index contributed by atoms with van der Waals surface area (Å²) in [4.78, 5) is 0. The SMILES string of the molecule is CC(C)P(=O)(F)OC(C)(C)C. The lowest BCUT2D eigenvalue weighted by Crippen LogP contribution is -2.18. The van der Waals surface area contributed by atoms with Crippen molar-refractivity contribution in [3.05, 3.63) is 0 Å². The molecule has 0 fully saturated rings. The van der Waals surface area contributed by atoms with E-state index in [0.717, 1.165) is 0 Å². The van der Waals surface area contributed by atoms with Gasteiger partial charge in [-0.15, -0.1) is 0 Å². The van der Waals surface area contributed by atoms with Gasteiger partial charge in [0.1, 0.15) is 0 Å². The quantitative estimate of drug-likeness (QED) is 0.612. The van der Waals surface area contributed by atoms with Crippen molar-refractivity contribution in [1.29, 1.82) is 0 Å². The van der Waals surface area contributed by atoms with Gasteiger partial charge in [-0.3, -0.25) is 9.09 Å². The molecular formula is C7H16FO2P. The second-order valence-corrected chi connectivity index (χ2v) is 6.08. The van der Waals surface area contributed by atoms with Gasteiger partial charge in [0.05, 0.1) is 11.3 Å². The molecule has 0 amide bonds. The van der Waals surface area contributed by atoms with E-state index < -0.39 is 18.9 Å². The van der Waals surface area contributed by atoms with Crippen LogP contribution >= 0.6 is 7.68 Å². The number of rotatable bonds is 2. The van der Waals surface area contributed by atoms with Crippen LogP contribution in [0.4, 0.5) is 4.20 Å². The van der Waals surface area contributed by atoms with E-state index in [1.54, 1.807) is 34.6 Å². The summed E-state index contributed by atoms with van der Waals surface area (Å²) >= 11 is 0. The van der Waals surface area contributed by atoms with Crippen LogP contribution in [0.2, 0.25) is 0 Å². The summed E-state index contributed by atoms with van der Waals surface area (Å²) in [5.74, 6) is 0. The van der Waals surface area contributed by atoms with Crippen molar-refractivity contribution in [3.63, 3.8) is 0 Å². The molecule has 0 bridgehead atoms. The topological polar surface area (TPSA) is 26.3 Å². The Morgan fingerprint density at radius 3 is 1.82 bits per heavy atom. The van der Waals surface area contributed by atoms with Crippen molar-refractivity contribution in [2.24, 2.45) is 0 Å². The van der Waals surface area contributed by atoms with Crippen molar-refractivity contribution in [3.8, 4) is 0 Å². The molecule has 0 spiro atoms. The lowest BCUT2D eigenvalue weighted by molar-refractivity contribution is 0.119. The molecule has 0 heterocycles. The summed E-state index contributed by atoms with van der Waals surface area (Å²) in [7, 11) is -3.89. The lowest BCUT2D eigenvalue weighted by Gasteiger charge is -2.23. The first-order valence-corrected chi connectivity index (χ1v) is 5.24. The average Bonchev–Trinajstić information content (AvgIpc) is 1.56. The zero-order chi connectivity index (χ0) is 9.28. The Labute approximate surface area is 67.7 Å². The van der Waals surface area contributed by atoms with Gasteiger partial charge in [0.15, 0.2) is 0 Å². The molecule has 11 heavy (non-hydrogen) atoms. The monoisotopic (exact) mass is 182 g/mol. The van der Waals surface area contributed by atoms with Gasteiger partial charge in [0.2, 0.25) is 0 Å². The summed E-state index contributed by atoms with van der Waals surface area (Å²) in [5, 5.41) is 0. The van der Waals surface area contributed by atoms with Gasteiger partial charge in [-0.05, 0) is 20.8 Å². The van der Waals surface area contributed by atoms with E-state index in [-0.39, 0.29) is 0 Å². The largest absolute Gasteiger partial charge is 0.370 e. The van der Waals surface area contributed by atoms with Crippen LogP contribution in [0, 0.1) is 0 Å². The molecule has 0 radical (unpaired) electrons. The van der Waals surface area contributed by atoms with E-state index in [2.05, 4.69) is 0 Å². The first kappa shape index (κ1) is 11.1. The molecule has 0 aliphatic rings. The van der Waals surface area contributed by atoms with E-state index in [0.29, 0.717) is 0 Å². The molecule has 0 aliphatic carbocycles. The zero-order valence-electron chi connectivity index (χ0n) is 7.72. The third kappa shape index (κ3) is 4.54. The molecule has 0 aliphatic heterocycles. The predicted molar refractivity (Wildman–Crippen MR) is 44.7 cm³/mol. The molecule has 1 unspecified atom stereocenters. The summed E-state index contributed by atoms with van der Waals surface area (Å²) in [6.45, 7) is 8.14. The normalized spacial score (nSPS) is 18.5. The molecule has 0 saturated heterocycles. The summed E-state index contributed by atoms with van der Waals surface area (Å²) in [6, 6.07) is 0. The maximum atomic E-state index is 13.0. The molecule has 0 aromatic heterocycles. The molecule has 68 valence electrons. The average molecular weight is 182 g/mol. The van der Waals surface area contributed by atoms with Crippen LogP contribution in [0.15, 0.2) is 0 Å². The maximum absolute atomic E-state index is 13.0. The van der Waals surface area contributed by atoms with Gasteiger partial charge in [-0.25, -0.2) is 0 Å². The number of hydrogen-bond donors (Lipinski definition) is 0. The van der Waals surface area contributed by atoms with Crippen LogP contribution in [0.25, 0.3) is 0 Å². The Morgan fingerprint density at radius 2 is 1.73 bits per heavy atom. The molecule has 4 heteroatoms. The molecule has 0 rings (SSSR count). The van der Waals surface area contributed by atoms with Gasteiger partial charge in [0.25, 0.3) is 0 Å². The Morgan fingerprint density at radius 1 is 1.36 bits per heavy atom. The van der Waals surface area contributed by atoms with Crippen molar-refractivity contribution in [2.45, 2.75) is 45.9 Å². The van der Waals surface area contributed by atoms with Crippen molar-refractivity contribution in [2.75, 3.05) is 0 Å². The second-order valence-electron chi connectivity index (χ2n) is 3.82. The predicted octanol–water partition coefficient (Wildman–Crippen LogP) is 3.37. The fourth-order valence-electron chi connectivity index (χ4n) is 0.479. The van der Waals surface area contributed by atoms with Crippen LogP contribution in [0.3, 0.4) is 0 Å². The molecule has 2 nitrogen and oxygen atoms in total. The van der Waals surface area contributed by atoms with E-state index in [1.165, 1.54) is 0 Å². The van der Waals surface area contributed by atoms with Gasteiger partial charge in [0, 0.05) is 0 Å². The standard InChI is InChI=1S/C7H16FO2P/c1-6(2)11(8,9)10-7(3,4)5/h6H,1-5H3. The smallest absolute Gasteiger partial charge is 0.300 e. The van der Waals surface area contributed by atoms with Gasteiger partial charge in [-0.1, -0.05) is 13.8 Å². The highest BCUT2D eigenvalue weighted by Gasteiger charge is 2.32. The molecule has 0 aromatic carbocycles. The minimum Gasteiger partial charge on any atom is -0.300 e. The number of halogens is 1. The first-order chi connectivity index (χ1) is 4.65. The van der Waals surface area contributed by atoms with Gasteiger partial charge >= 0.3 is 7.68 Å². The highest BCUT2D eigenvalue weighted by atomic mass is 31.2. The van der Waals surface area contributed by atoms with Crippen molar-refractivity contribution < 1.29 is 13.3 Å². The zero-order valence-corrected chi connectivity index (χ0v) is 8.61. The van der Waals surface area contributed by atoms with E-state index in [1.807, 2.05) is 0 Å². The van der Waals surface area contributed by atoms with E-state index in [4.69, 9.17) is 4.52 Å². The third-order valence-corrected chi connectivity index (χ3v) is 3.05. The molecule has 1 atom stereocenters. The fraction of sp³-hybridized carbons (Fsp3) is 1.00. The first-order valence-electron chi connectivity index (χ1n) is 3.65.